The molecule has 0 saturated carbocycles. The highest BCUT2D eigenvalue weighted by molar-refractivity contribution is 9.10. The van der Waals surface area contributed by atoms with E-state index in [1.165, 1.54) is 0 Å². The topological polar surface area (TPSA) is 64.1 Å². The molecule has 20 heavy (non-hydrogen) atoms. The number of hydrogen-bond acceptors (Lipinski definition) is 4. The summed E-state index contributed by atoms with van der Waals surface area (Å²) in [5, 5.41) is 2.75. The van der Waals surface area contributed by atoms with E-state index in [2.05, 4.69) is 31.2 Å². The quantitative estimate of drug-likeness (QED) is 0.931. The first-order valence-electron chi connectivity index (χ1n) is 6.11. The van der Waals surface area contributed by atoms with Crippen LogP contribution in [0.5, 0.6) is 5.88 Å². The Morgan fingerprint density at radius 3 is 2.75 bits per heavy atom. The molecule has 0 atom stereocenters. The molecule has 2 heterocycles. The molecule has 0 saturated heterocycles. The van der Waals surface area contributed by atoms with Crippen LogP contribution in [0.4, 0.5) is 5.69 Å². The Labute approximate surface area is 125 Å². The number of nitrogens with zero attached hydrogens (tertiary/aromatic N) is 2. The fourth-order valence-electron chi connectivity index (χ4n) is 1.50. The van der Waals surface area contributed by atoms with E-state index in [1.807, 2.05) is 13.8 Å². The zero-order valence-electron chi connectivity index (χ0n) is 11.1. The highest BCUT2D eigenvalue weighted by atomic mass is 79.9. The van der Waals surface area contributed by atoms with Crippen LogP contribution in [-0.2, 0) is 0 Å². The smallest absolute Gasteiger partial charge is 0.274 e. The predicted octanol–water partition coefficient (Wildman–Crippen LogP) is 3.28. The molecule has 0 spiro atoms. The summed E-state index contributed by atoms with van der Waals surface area (Å²) >= 11 is 3.28. The number of halogens is 1. The molecule has 2 rings (SSSR count). The third-order valence-electron chi connectivity index (χ3n) is 2.33. The van der Waals surface area contributed by atoms with Crippen molar-refractivity contribution in [3.63, 3.8) is 0 Å². The number of carbonyl (C=O) groups is 1. The van der Waals surface area contributed by atoms with E-state index in [1.54, 1.807) is 36.7 Å². The normalized spacial score (nSPS) is 10.4. The molecule has 2 aromatic heterocycles. The van der Waals surface area contributed by atoms with Crippen molar-refractivity contribution in [2.75, 3.05) is 5.32 Å². The number of ether oxygens (including phenoxy) is 1. The van der Waals surface area contributed by atoms with Crippen LogP contribution in [0.15, 0.2) is 41.1 Å². The van der Waals surface area contributed by atoms with Crippen molar-refractivity contribution in [2.45, 2.75) is 20.0 Å². The maximum absolute atomic E-state index is 12.1. The van der Waals surface area contributed by atoms with Crippen LogP contribution in [-0.4, -0.2) is 22.0 Å². The second-order valence-electron chi connectivity index (χ2n) is 4.34. The van der Waals surface area contributed by atoms with E-state index in [0.717, 1.165) is 4.47 Å². The molecule has 0 radical (unpaired) electrons. The van der Waals surface area contributed by atoms with E-state index in [9.17, 15) is 4.79 Å². The van der Waals surface area contributed by atoms with Crippen LogP contribution < -0.4 is 10.1 Å². The Morgan fingerprint density at radius 2 is 2.10 bits per heavy atom. The van der Waals surface area contributed by atoms with E-state index in [4.69, 9.17) is 4.74 Å². The second-order valence-corrected chi connectivity index (χ2v) is 5.25. The van der Waals surface area contributed by atoms with Crippen molar-refractivity contribution < 1.29 is 9.53 Å². The van der Waals surface area contributed by atoms with Crippen LogP contribution >= 0.6 is 15.9 Å². The van der Waals surface area contributed by atoms with Gasteiger partial charge in [0.2, 0.25) is 5.88 Å². The van der Waals surface area contributed by atoms with Gasteiger partial charge in [-0.3, -0.25) is 4.79 Å². The number of aromatic nitrogens is 2. The molecule has 2 aromatic rings. The molecule has 0 aromatic carbocycles. The molecule has 6 heteroatoms. The van der Waals surface area contributed by atoms with E-state index < -0.39 is 0 Å². The Hall–Kier alpha value is -1.95. The van der Waals surface area contributed by atoms with Crippen LogP contribution in [0.1, 0.15) is 24.3 Å². The molecule has 0 aliphatic carbocycles. The van der Waals surface area contributed by atoms with Gasteiger partial charge in [-0.05, 0) is 54.0 Å². The average molecular weight is 336 g/mol. The van der Waals surface area contributed by atoms with Crippen molar-refractivity contribution in [1.29, 1.82) is 0 Å². The van der Waals surface area contributed by atoms with Crippen molar-refractivity contribution in [3.8, 4) is 5.88 Å². The molecule has 0 aliphatic heterocycles. The minimum absolute atomic E-state index is 0.0219. The van der Waals surface area contributed by atoms with Gasteiger partial charge in [0, 0.05) is 16.9 Å². The first kappa shape index (κ1) is 14.5. The third kappa shape index (κ3) is 3.77. The predicted molar refractivity (Wildman–Crippen MR) is 79.9 cm³/mol. The van der Waals surface area contributed by atoms with Gasteiger partial charge in [0.1, 0.15) is 11.4 Å². The number of nitrogens with one attached hydrogen (secondary N) is 1. The van der Waals surface area contributed by atoms with Gasteiger partial charge in [0.25, 0.3) is 5.91 Å². The first-order valence-corrected chi connectivity index (χ1v) is 6.90. The van der Waals surface area contributed by atoms with Crippen molar-refractivity contribution in [2.24, 2.45) is 0 Å². The Bertz CT molecular complexity index is 600. The first-order chi connectivity index (χ1) is 9.56. The van der Waals surface area contributed by atoms with Gasteiger partial charge in [0.05, 0.1) is 6.10 Å². The number of amides is 1. The summed E-state index contributed by atoms with van der Waals surface area (Å²) < 4.78 is 6.37. The van der Waals surface area contributed by atoms with Crippen LogP contribution in [0, 0.1) is 0 Å². The van der Waals surface area contributed by atoms with Gasteiger partial charge in [-0.2, -0.15) is 0 Å². The number of hydrogen-bond donors (Lipinski definition) is 1. The largest absolute Gasteiger partial charge is 0.473 e. The summed E-state index contributed by atoms with van der Waals surface area (Å²) in [7, 11) is 0. The second kappa shape index (κ2) is 6.47. The SMILES string of the molecule is CC(C)Oc1ncccc1NC(=O)c1ccc(Br)cn1. The Balaban J connectivity index is 2.17. The lowest BCUT2D eigenvalue weighted by molar-refractivity contribution is 0.102. The molecule has 5 nitrogen and oxygen atoms in total. The molecule has 0 fully saturated rings. The van der Waals surface area contributed by atoms with Gasteiger partial charge < -0.3 is 10.1 Å². The van der Waals surface area contributed by atoms with Crippen molar-refractivity contribution in [1.82, 2.24) is 9.97 Å². The molecule has 0 aliphatic rings. The van der Waals surface area contributed by atoms with E-state index >= 15 is 0 Å². The molecular weight excluding hydrogens is 322 g/mol. The maximum atomic E-state index is 12.1. The van der Waals surface area contributed by atoms with Gasteiger partial charge in [-0.1, -0.05) is 0 Å². The zero-order chi connectivity index (χ0) is 14.5. The number of carbonyl (C=O) groups excluding carboxylic acids is 1. The Morgan fingerprint density at radius 1 is 1.30 bits per heavy atom. The highest BCUT2D eigenvalue weighted by Crippen LogP contribution is 2.22. The minimum Gasteiger partial charge on any atom is -0.473 e. The molecule has 0 bridgehead atoms. The van der Waals surface area contributed by atoms with Gasteiger partial charge >= 0.3 is 0 Å². The molecule has 104 valence electrons. The van der Waals surface area contributed by atoms with Crippen molar-refractivity contribution >= 4 is 27.5 Å². The minimum atomic E-state index is -0.306. The fourth-order valence-corrected chi connectivity index (χ4v) is 1.73. The molecule has 1 amide bonds. The standard InChI is InChI=1S/C14H14BrN3O2/c1-9(2)20-14-12(4-3-7-16-14)18-13(19)11-6-5-10(15)8-17-11/h3-9H,1-2H3,(H,18,19). The number of pyridine rings is 2. The highest BCUT2D eigenvalue weighted by Gasteiger charge is 2.12. The lowest BCUT2D eigenvalue weighted by Crippen LogP contribution is -2.16. The molecule has 0 unspecified atom stereocenters. The summed E-state index contributed by atoms with van der Waals surface area (Å²) in [5.41, 5.74) is 0.850. The monoisotopic (exact) mass is 335 g/mol. The van der Waals surface area contributed by atoms with Gasteiger partial charge in [-0.25, -0.2) is 9.97 Å². The Kier molecular flexibility index (Phi) is 4.68. The maximum Gasteiger partial charge on any atom is 0.274 e. The summed E-state index contributed by atoms with van der Waals surface area (Å²) in [6.07, 6.45) is 3.17. The van der Waals surface area contributed by atoms with Gasteiger partial charge in [-0.15, -0.1) is 0 Å². The van der Waals surface area contributed by atoms with E-state index in [0.29, 0.717) is 17.3 Å². The zero-order valence-corrected chi connectivity index (χ0v) is 12.7. The average Bonchev–Trinajstić information content (AvgIpc) is 2.41. The van der Waals surface area contributed by atoms with E-state index in [-0.39, 0.29) is 12.0 Å². The summed E-state index contributed by atoms with van der Waals surface area (Å²) in [6.45, 7) is 3.80. The van der Waals surface area contributed by atoms with Crippen LogP contribution in [0.2, 0.25) is 0 Å². The summed E-state index contributed by atoms with van der Waals surface area (Å²) in [6, 6.07) is 6.87. The van der Waals surface area contributed by atoms with Crippen LogP contribution in [0.3, 0.4) is 0 Å². The molecular formula is C14H14BrN3O2. The number of rotatable bonds is 4. The molecule has 1 N–H and O–H groups in total. The lowest BCUT2D eigenvalue weighted by atomic mass is 10.3. The number of anilines is 1. The van der Waals surface area contributed by atoms with Crippen LogP contribution in [0.25, 0.3) is 0 Å². The summed E-state index contributed by atoms with van der Waals surface area (Å²) in [5.74, 6) is 0.0899. The van der Waals surface area contributed by atoms with Gasteiger partial charge in [0.15, 0.2) is 0 Å². The fraction of sp³-hybridized carbons (Fsp3) is 0.214. The third-order valence-corrected chi connectivity index (χ3v) is 2.80. The lowest BCUT2D eigenvalue weighted by Gasteiger charge is -2.13. The summed E-state index contributed by atoms with van der Waals surface area (Å²) in [4.78, 5) is 20.3. The van der Waals surface area contributed by atoms with Crippen molar-refractivity contribution in [3.05, 3.63) is 46.8 Å².